The third kappa shape index (κ3) is 4.20. The van der Waals surface area contributed by atoms with Gasteiger partial charge in [-0.05, 0) is 45.7 Å². The molecule has 1 heterocycles. The molecule has 128 valence electrons. The van der Waals surface area contributed by atoms with Crippen molar-refractivity contribution in [3.8, 4) is 0 Å². The van der Waals surface area contributed by atoms with Gasteiger partial charge in [-0.15, -0.1) is 0 Å². The van der Waals surface area contributed by atoms with E-state index in [1.165, 1.54) is 18.2 Å². The Bertz CT molecular complexity index is 685. The van der Waals surface area contributed by atoms with E-state index in [1.807, 2.05) is 0 Å². The normalized spacial score (nSPS) is 19.6. The van der Waals surface area contributed by atoms with Crippen LogP contribution in [0.25, 0.3) is 0 Å². The SMILES string of the molecule is CC(C)(C)OC(=O)NC1CCCN1S(=O)(=O)c1ccccc1F. The quantitative estimate of drug-likeness (QED) is 0.914. The van der Waals surface area contributed by atoms with Crippen LogP contribution in [0.3, 0.4) is 0 Å². The zero-order valence-corrected chi connectivity index (χ0v) is 14.2. The van der Waals surface area contributed by atoms with Crippen LogP contribution < -0.4 is 5.32 Å². The lowest BCUT2D eigenvalue weighted by atomic mass is 10.2. The zero-order chi connectivity index (χ0) is 17.3. The number of benzene rings is 1. The highest BCUT2D eigenvalue weighted by Crippen LogP contribution is 2.26. The van der Waals surface area contributed by atoms with Crippen LogP contribution in [-0.2, 0) is 14.8 Å². The second-order valence-corrected chi connectivity index (χ2v) is 8.21. The van der Waals surface area contributed by atoms with Gasteiger partial charge in [-0.25, -0.2) is 17.6 Å². The maximum absolute atomic E-state index is 13.8. The van der Waals surface area contributed by atoms with E-state index in [0.29, 0.717) is 12.8 Å². The second-order valence-electron chi connectivity index (χ2n) is 6.35. The maximum Gasteiger partial charge on any atom is 0.408 e. The van der Waals surface area contributed by atoms with E-state index in [9.17, 15) is 17.6 Å². The Kier molecular flexibility index (Phi) is 4.95. The van der Waals surface area contributed by atoms with Crippen LogP contribution in [-0.4, -0.2) is 37.1 Å². The molecule has 1 aliphatic heterocycles. The Hall–Kier alpha value is -1.67. The summed E-state index contributed by atoms with van der Waals surface area (Å²) >= 11 is 0. The number of alkyl carbamates (subject to hydrolysis) is 1. The molecule has 1 aliphatic rings. The number of hydrogen-bond donors (Lipinski definition) is 1. The number of halogens is 1. The van der Waals surface area contributed by atoms with Gasteiger partial charge in [0.05, 0.1) is 6.17 Å². The van der Waals surface area contributed by atoms with Crippen molar-refractivity contribution in [1.29, 1.82) is 0 Å². The fraction of sp³-hybridized carbons (Fsp3) is 0.533. The molecule has 8 heteroatoms. The van der Waals surface area contributed by atoms with Crippen LogP contribution in [0, 0.1) is 5.82 Å². The molecule has 23 heavy (non-hydrogen) atoms. The van der Waals surface area contributed by atoms with Gasteiger partial charge in [-0.2, -0.15) is 4.31 Å². The summed E-state index contributed by atoms with van der Waals surface area (Å²) in [6, 6.07) is 5.20. The number of amides is 1. The van der Waals surface area contributed by atoms with E-state index >= 15 is 0 Å². The van der Waals surface area contributed by atoms with Crippen molar-refractivity contribution < 1.29 is 22.3 Å². The molecule has 1 saturated heterocycles. The lowest BCUT2D eigenvalue weighted by Gasteiger charge is -2.27. The predicted molar refractivity (Wildman–Crippen MR) is 82.7 cm³/mol. The van der Waals surface area contributed by atoms with E-state index in [-0.39, 0.29) is 6.54 Å². The predicted octanol–water partition coefficient (Wildman–Crippen LogP) is 2.46. The molecule has 0 aliphatic carbocycles. The zero-order valence-electron chi connectivity index (χ0n) is 13.4. The minimum Gasteiger partial charge on any atom is -0.444 e. The van der Waals surface area contributed by atoms with Crippen molar-refractivity contribution in [2.24, 2.45) is 0 Å². The first kappa shape index (κ1) is 17.7. The molecule has 1 fully saturated rings. The topological polar surface area (TPSA) is 75.7 Å². The van der Waals surface area contributed by atoms with Crippen molar-refractivity contribution in [1.82, 2.24) is 9.62 Å². The van der Waals surface area contributed by atoms with Gasteiger partial charge in [0.2, 0.25) is 10.0 Å². The number of rotatable bonds is 3. The molecule has 2 rings (SSSR count). The van der Waals surface area contributed by atoms with E-state index in [4.69, 9.17) is 4.74 Å². The molecule has 1 N–H and O–H groups in total. The summed E-state index contributed by atoms with van der Waals surface area (Å²) in [7, 11) is -4.02. The summed E-state index contributed by atoms with van der Waals surface area (Å²) in [6.45, 7) is 5.37. The Balaban J connectivity index is 2.18. The largest absolute Gasteiger partial charge is 0.444 e. The highest BCUT2D eigenvalue weighted by atomic mass is 32.2. The molecule has 0 spiro atoms. The lowest BCUT2D eigenvalue weighted by molar-refractivity contribution is 0.0480. The van der Waals surface area contributed by atoms with Crippen molar-refractivity contribution >= 4 is 16.1 Å². The Morgan fingerprint density at radius 2 is 2.00 bits per heavy atom. The van der Waals surface area contributed by atoms with Crippen LogP contribution in [0.15, 0.2) is 29.2 Å². The smallest absolute Gasteiger partial charge is 0.408 e. The molecule has 0 radical (unpaired) electrons. The molecule has 1 amide bonds. The van der Waals surface area contributed by atoms with Gasteiger partial charge in [0.15, 0.2) is 0 Å². The number of ether oxygens (including phenoxy) is 1. The number of carbonyl (C=O) groups excluding carboxylic acids is 1. The molecule has 0 aromatic heterocycles. The van der Waals surface area contributed by atoms with Gasteiger partial charge >= 0.3 is 6.09 Å². The Labute approximate surface area is 135 Å². The number of sulfonamides is 1. The second kappa shape index (κ2) is 6.45. The first-order valence-corrected chi connectivity index (χ1v) is 8.81. The standard InChI is InChI=1S/C15H21FN2O4S/c1-15(2,3)22-14(19)17-13-9-6-10-18(13)23(20,21)12-8-5-4-7-11(12)16/h4-5,7-8,13H,6,9-10H2,1-3H3,(H,17,19). The minimum absolute atomic E-state index is 0.219. The number of hydrogen-bond acceptors (Lipinski definition) is 4. The van der Waals surface area contributed by atoms with Crippen LogP contribution >= 0.6 is 0 Å². The molecule has 0 bridgehead atoms. The monoisotopic (exact) mass is 344 g/mol. The Morgan fingerprint density at radius 3 is 2.61 bits per heavy atom. The fourth-order valence-electron chi connectivity index (χ4n) is 2.40. The highest BCUT2D eigenvalue weighted by Gasteiger charge is 2.38. The van der Waals surface area contributed by atoms with E-state index < -0.39 is 38.6 Å². The first-order chi connectivity index (χ1) is 10.6. The van der Waals surface area contributed by atoms with Crippen LogP contribution in [0.1, 0.15) is 33.6 Å². The van der Waals surface area contributed by atoms with Gasteiger partial charge in [-0.1, -0.05) is 12.1 Å². The van der Waals surface area contributed by atoms with Crippen LogP contribution in [0.4, 0.5) is 9.18 Å². The van der Waals surface area contributed by atoms with E-state index in [0.717, 1.165) is 10.4 Å². The maximum atomic E-state index is 13.8. The molecule has 1 unspecified atom stereocenters. The third-order valence-corrected chi connectivity index (χ3v) is 5.25. The molecular weight excluding hydrogens is 323 g/mol. The summed E-state index contributed by atoms with van der Waals surface area (Å²) < 4.78 is 45.3. The summed E-state index contributed by atoms with van der Waals surface area (Å²) in [5.74, 6) is -0.810. The van der Waals surface area contributed by atoms with Crippen molar-refractivity contribution in [2.45, 2.75) is 50.3 Å². The molecule has 0 saturated carbocycles. The van der Waals surface area contributed by atoms with Crippen molar-refractivity contribution in [3.05, 3.63) is 30.1 Å². The van der Waals surface area contributed by atoms with E-state index in [2.05, 4.69) is 5.32 Å². The van der Waals surface area contributed by atoms with Gasteiger partial charge < -0.3 is 10.1 Å². The van der Waals surface area contributed by atoms with Crippen molar-refractivity contribution in [3.63, 3.8) is 0 Å². The van der Waals surface area contributed by atoms with Crippen LogP contribution in [0.5, 0.6) is 0 Å². The van der Waals surface area contributed by atoms with Crippen LogP contribution in [0.2, 0.25) is 0 Å². The average molecular weight is 344 g/mol. The van der Waals surface area contributed by atoms with Crippen molar-refractivity contribution in [2.75, 3.05) is 6.54 Å². The summed E-state index contributed by atoms with van der Waals surface area (Å²) in [5, 5.41) is 2.54. The third-order valence-electron chi connectivity index (χ3n) is 3.31. The average Bonchev–Trinajstić information content (AvgIpc) is 2.85. The lowest BCUT2D eigenvalue weighted by Crippen LogP contribution is -2.48. The summed E-state index contributed by atoms with van der Waals surface area (Å²) in [5.41, 5.74) is -0.683. The van der Waals surface area contributed by atoms with Gasteiger partial charge in [0.25, 0.3) is 0 Å². The van der Waals surface area contributed by atoms with Gasteiger partial charge in [-0.3, -0.25) is 0 Å². The minimum atomic E-state index is -4.02. The summed E-state index contributed by atoms with van der Waals surface area (Å²) in [4.78, 5) is 11.5. The fourth-order valence-corrected chi connectivity index (χ4v) is 4.08. The molecular formula is C15H21FN2O4S. The van der Waals surface area contributed by atoms with Gasteiger partial charge in [0.1, 0.15) is 16.3 Å². The molecule has 1 atom stereocenters. The Morgan fingerprint density at radius 1 is 1.35 bits per heavy atom. The van der Waals surface area contributed by atoms with E-state index in [1.54, 1.807) is 20.8 Å². The number of nitrogens with one attached hydrogen (secondary N) is 1. The number of carbonyl (C=O) groups is 1. The molecule has 6 nitrogen and oxygen atoms in total. The molecule has 1 aromatic rings. The highest BCUT2D eigenvalue weighted by molar-refractivity contribution is 7.89. The number of nitrogens with zero attached hydrogens (tertiary/aromatic N) is 1. The van der Waals surface area contributed by atoms with Gasteiger partial charge in [0, 0.05) is 6.54 Å². The first-order valence-electron chi connectivity index (χ1n) is 7.37. The molecule has 1 aromatic carbocycles. The summed E-state index contributed by atoms with van der Waals surface area (Å²) in [6.07, 6.45) is -0.409.